The molecule has 0 aliphatic heterocycles. The third kappa shape index (κ3) is 3.79. The molecule has 3 rings (SSSR count). The van der Waals surface area contributed by atoms with Crippen LogP contribution in [-0.2, 0) is 6.54 Å². The first kappa shape index (κ1) is 17.0. The molecule has 2 aromatic carbocycles. The lowest BCUT2D eigenvalue weighted by molar-refractivity contribution is 0.0950. The zero-order valence-corrected chi connectivity index (χ0v) is 14.6. The number of nitrogens with one attached hydrogen (secondary N) is 2. The van der Waals surface area contributed by atoms with Crippen molar-refractivity contribution >= 4 is 5.91 Å². The summed E-state index contributed by atoms with van der Waals surface area (Å²) in [4.78, 5) is 15.8. The van der Waals surface area contributed by atoms with Gasteiger partial charge in [0.15, 0.2) is 0 Å². The highest BCUT2D eigenvalue weighted by Gasteiger charge is 2.14. The van der Waals surface area contributed by atoms with Gasteiger partial charge < -0.3 is 10.3 Å². The molecule has 0 saturated heterocycles. The average Bonchev–Trinajstić information content (AvgIpc) is 2.98. The van der Waals surface area contributed by atoms with E-state index in [1.165, 1.54) is 23.3 Å². The molecule has 4 heteroatoms. The fourth-order valence-corrected chi connectivity index (χ4v) is 2.74. The van der Waals surface area contributed by atoms with Crippen molar-refractivity contribution in [2.24, 2.45) is 0 Å². The normalized spacial score (nSPS) is 10.7. The van der Waals surface area contributed by atoms with Crippen LogP contribution in [0, 0.1) is 26.6 Å². The second-order valence-corrected chi connectivity index (χ2v) is 6.33. The molecule has 0 bridgehead atoms. The number of hydrogen-bond donors (Lipinski definition) is 2. The number of halogens is 1. The molecule has 2 N–H and O–H groups in total. The molecule has 1 aromatic heterocycles. The Kier molecular flexibility index (Phi) is 4.70. The molecule has 0 unspecified atom stereocenters. The molecule has 25 heavy (non-hydrogen) atoms. The topological polar surface area (TPSA) is 44.9 Å². The molecule has 128 valence electrons. The van der Waals surface area contributed by atoms with Crippen LogP contribution in [0.5, 0.6) is 0 Å². The van der Waals surface area contributed by atoms with Gasteiger partial charge in [-0.1, -0.05) is 24.3 Å². The lowest BCUT2D eigenvalue weighted by Gasteiger charge is -2.05. The summed E-state index contributed by atoms with van der Waals surface area (Å²) in [5, 5.41) is 2.88. The number of benzene rings is 2. The van der Waals surface area contributed by atoms with Crippen LogP contribution in [0.2, 0.25) is 0 Å². The van der Waals surface area contributed by atoms with Gasteiger partial charge in [0.05, 0.1) is 5.56 Å². The molecule has 1 amide bonds. The number of carbonyl (C=O) groups is 1. The van der Waals surface area contributed by atoms with E-state index in [2.05, 4.69) is 36.3 Å². The van der Waals surface area contributed by atoms with Crippen LogP contribution < -0.4 is 5.32 Å². The van der Waals surface area contributed by atoms with Crippen LogP contribution in [0.1, 0.15) is 32.7 Å². The standard InChI is InChI=1S/C21H21FN2O/c1-13-4-7-17(10-14(13)2)20-11-19(15(3)24-20)21(25)23-12-16-5-8-18(22)9-6-16/h4-11,24H,12H2,1-3H3,(H,23,25). The first-order chi connectivity index (χ1) is 11.9. The van der Waals surface area contributed by atoms with Crippen molar-refractivity contribution in [2.45, 2.75) is 27.3 Å². The van der Waals surface area contributed by atoms with E-state index in [1.54, 1.807) is 12.1 Å². The van der Waals surface area contributed by atoms with Crippen molar-refractivity contribution in [1.82, 2.24) is 10.3 Å². The molecule has 0 atom stereocenters. The van der Waals surface area contributed by atoms with Gasteiger partial charge in [0, 0.05) is 17.9 Å². The number of amides is 1. The number of aromatic nitrogens is 1. The molecule has 1 heterocycles. The summed E-state index contributed by atoms with van der Waals surface area (Å²) in [5.41, 5.74) is 6.74. The summed E-state index contributed by atoms with van der Waals surface area (Å²) in [5.74, 6) is -0.428. The molecule has 0 aliphatic carbocycles. The summed E-state index contributed by atoms with van der Waals surface area (Å²) in [6, 6.07) is 14.2. The van der Waals surface area contributed by atoms with Crippen molar-refractivity contribution in [3.8, 4) is 11.3 Å². The predicted molar refractivity (Wildman–Crippen MR) is 98.0 cm³/mol. The van der Waals surface area contributed by atoms with Gasteiger partial charge in [-0.05, 0) is 67.3 Å². The molecule has 0 spiro atoms. The van der Waals surface area contributed by atoms with Crippen molar-refractivity contribution in [1.29, 1.82) is 0 Å². The van der Waals surface area contributed by atoms with Crippen LogP contribution in [-0.4, -0.2) is 10.9 Å². The number of aromatic amines is 1. The quantitative estimate of drug-likeness (QED) is 0.714. The second-order valence-electron chi connectivity index (χ2n) is 6.33. The highest BCUT2D eigenvalue weighted by atomic mass is 19.1. The molecule has 0 saturated carbocycles. The average molecular weight is 336 g/mol. The van der Waals surface area contributed by atoms with Crippen LogP contribution in [0.25, 0.3) is 11.3 Å². The van der Waals surface area contributed by atoms with Gasteiger partial charge >= 0.3 is 0 Å². The Morgan fingerprint density at radius 2 is 1.72 bits per heavy atom. The fraction of sp³-hybridized carbons (Fsp3) is 0.190. The Hall–Kier alpha value is -2.88. The highest BCUT2D eigenvalue weighted by molar-refractivity contribution is 5.96. The minimum Gasteiger partial charge on any atom is -0.358 e. The van der Waals surface area contributed by atoms with Crippen molar-refractivity contribution in [2.75, 3.05) is 0 Å². The summed E-state index contributed by atoms with van der Waals surface area (Å²) in [6.45, 7) is 6.40. The summed E-state index contributed by atoms with van der Waals surface area (Å²) >= 11 is 0. The highest BCUT2D eigenvalue weighted by Crippen LogP contribution is 2.24. The number of hydrogen-bond acceptors (Lipinski definition) is 1. The maximum Gasteiger partial charge on any atom is 0.253 e. The Morgan fingerprint density at radius 3 is 2.40 bits per heavy atom. The van der Waals surface area contributed by atoms with Crippen LogP contribution >= 0.6 is 0 Å². The van der Waals surface area contributed by atoms with E-state index in [9.17, 15) is 9.18 Å². The van der Waals surface area contributed by atoms with Crippen LogP contribution in [0.15, 0.2) is 48.5 Å². The first-order valence-electron chi connectivity index (χ1n) is 8.24. The zero-order valence-electron chi connectivity index (χ0n) is 14.6. The van der Waals surface area contributed by atoms with Gasteiger partial charge in [-0.3, -0.25) is 4.79 Å². The van der Waals surface area contributed by atoms with E-state index >= 15 is 0 Å². The van der Waals surface area contributed by atoms with E-state index in [0.717, 1.165) is 22.5 Å². The molecule has 3 aromatic rings. The molecule has 0 radical (unpaired) electrons. The molecule has 0 fully saturated rings. The van der Waals surface area contributed by atoms with E-state index in [1.807, 2.05) is 19.1 Å². The van der Waals surface area contributed by atoms with Crippen molar-refractivity contribution in [3.05, 3.63) is 82.3 Å². The Bertz CT molecular complexity index is 910. The van der Waals surface area contributed by atoms with Crippen LogP contribution in [0.4, 0.5) is 4.39 Å². The second kappa shape index (κ2) is 6.93. The zero-order chi connectivity index (χ0) is 18.0. The van der Waals surface area contributed by atoms with E-state index in [-0.39, 0.29) is 11.7 Å². The van der Waals surface area contributed by atoms with Gasteiger partial charge in [0.25, 0.3) is 5.91 Å². The molecule has 0 aliphatic rings. The monoisotopic (exact) mass is 336 g/mol. The predicted octanol–water partition coefficient (Wildman–Crippen LogP) is 4.68. The smallest absolute Gasteiger partial charge is 0.253 e. The Balaban J connectivity index is 1.76. The van der Waals surface area contributed by atoms with Gasteiger partial charge in [-0.2, -0.15) is 0 Å². The molecular weight excluding hydrogens is 315 g/mol. The largest absolute Gasteiger partial charge is 0.358 e. The lowest BCUT2D eigenvalue weighted by Crippen LogP contribution is -2.23. The Morgan fingerprint density at radius 1 is 1.00 bits per heavy atom. The SMILES string of the molecule is Cc1ccc(-c2cc(C(=O)NCc3ccc(F)cc3)c(C)[nH]2)cc1C. The number of carbonyl (C=O) groups excluding carboxylic acids is 1. The van der Waals surface area contributed by atoms with E-state index in [0.29, 0.717) is 12.1 Å². The summed E-state index contributed by atoms with van der Waals surface area (Å²) in [7, 11) is 0. The van der Waals surface area contributed by atoms with E-state index < -0.39 is 0 Å². The number of H-pyrrole nitrogens is 1. The van der Waals surface area contributed by atoms with Crippen LogP contribution in [0.3, 0.4) is 0 Å². The minimum absolute atomic E-state index is 0.145. The van der Waals surface area contributed by atoms with E-state index in [4.69, 9.17) is 0 Å². The molecule has 3 nitrogen and oxygen atoms in total. The fourth-order valence-electron chi connectivity index (χ4n) is 2.74. The van der Waals surface area contributed by atoms with Gasteiger partial charge in [0.1, 0.15) is 5.82 Å². The van der Waals surface area contributed by atoms with Crippen molar-refractivity contribution in [3.63, 3.8) is 0 Å². The maximum atomic E-state index is 12.9. The Labute approximate surface area is 146 Å². The third-order valence-electron chi connectivity index (χ3n) is 4.44. The molecular formula is C21H21FN2O. The first-order valence-corrected chi connectivity index (χ1v) is 8.24. The number of rotatable bonds is 4. The lowest BCUT2D eigenvalue weighted by atomic mass is 10.0. The third-order valence-corrected chi connectivity index (χ3v) is 4.44. The number of aryl methyl sites for hydroxylation is 3. The van der Waals surface area contributed by atoms with Crippen molar-refractivity contribution < 1.29 is 9.18 Å². The minimum atomic E-state index is -0.283. The van der Waals surface area contributed by atoms with Gasteiger partial charge in [-0.15, -0.1) is 0 Å². The van der Waals surface area contributed by atoms with Gasteiger partial charge in [-0.25, -0.2) is 4.39 Å². The maximum absolute atomic E-state index is 12.9. The summed E-state index contributed by atoms with van der Waals surface area (Å²) < 4.78 is 12.9. The summed E-state index contributed by atoms with van der Waals surface area (Å²) in [6.07, 6.45) is 0. The van der Waals surface area contributed by atoms with Gasteiger partial charge in [0.2, 0.25) is 0 Å².